The number of anilines is 1. The van der Waals surface area contributed by atoms with Gasteiger partial charge in [0.15, 0.2) is 0 Å². The lowest BCUT2D eigenvalue weighted by Gasteiger charge is -2.24. The third kappa shape index (κ3) is 7.20. The first kappa shape index (κ1) is 19.2. The minimum Gasteiger partial charge on any atom is -0.388 e. The highest BCUT2D eigenvalue weighted by Crippen LogP contribution is 2.21. The molecular formula is C18H30N2O3S. The molecule has 1 saturated heterocycles. The van der Waals surface area contributed by atoms with Crippen LogP contribution in [0, 0.1) is 0 Å². The summed E-state index contributed by atoms with van der Waals surface area (Å²) in [5.74, 6) is 0. The molecule has 2 N–H and O–H groups in total. The van der Waals surface area contributed by atoms with Crippen molar-refractivity contribution in [3.05, 3.63) is 29.8 Å². The van der Waals surface area contributed by atoms with E-state index >= 15 is 0 Å². The van der Waals surface area contributed by atoms with E-state index in [1.165, 1.54) is 45.2 Å². The van der Waals surface area contributed by atoms with Crippen LogP contribution in [0.15, 0.2) is 24.3 Å². The van der Waals surface area contributed by atoms with Gasteiger partial charge in [-0.2, -0.15) is 0 Å². The summed E-state index contributed by atoms with van der Waals surface area (Å²) in [6, 6.07) is 6.96. The summed E-state index contributed by atoms with van der Waals surface area (Å²) < 4.78 is 24.8. The number of benzene rings is 1. The van der Waals surface area contributed by atoms with Crippen LogP contribution < -0.4 is 4.72 Å². The lowest BCUT2D eigenvalue weighted by molar-refractivity contribution is 0.153. The second-order valence-corrected chi connectivity index (χ2v) is 8.51. The van der Waals surface area contributed by atoms with Crippen molar-refractivity contribution >= 4 is 15.7 Å². The van der Waals surface area contributed by atoms with Gasteiger partial charge in [-0.05, 0) is 63.0 Å². The van der Waals surface area contributed by atoms with Crippen molar-refractivity contribution < 1.29 is 13.5 Å². The number of nitrogens with zero attached hydrogens (tertiary/aromatic N) is 1. The molecule has 136 valence electrons. The molecule has 24 heavy (non-hydrogen) atoms. The Hall–Kier alpha value is -1.11. The molecule has 0 saturated carbocycles. The summed E-state index contributed by atoms with van der Waals surface area (Å²) in [6.07, 6.45) is 8.97. The Morgan fingerprint density at radius 3 is 2.25 bits per heavy atom. The van der Waals surface area contributed by atoms with Gasteiger partial charge in [0.25, 0.3) is 0 Å². The molecule has 5 nitrogen and oxygen atoms in total. The maximum atomic E-state index is 11.2. The fourth-order valence-corrected chi connectivity index (χ4v) is 3.76. The second kappa shape index (κ2) is 9.39. The van der Waals surface area contributed by atoms with Crippen molar-refractivity contribution in [1.29, 1.82) is 0 Å². The molecule has 1 fully saturated rings. The Bertz CT molecular complexity index is 579. The van der Waals surface area contributed by atoms with Crippen LogP contribution >= 0.6 is 0 Å². The lowest BCUT2D eigenvalue weighted by Crippen LogP contribution is -2.28. The quantitative estimate of drug-likeness (QED) is 0.789. The van der Waals surface area contributed by atoms with Crippen LogP contribution in [-0.2, 0) is 10.0 Å². The molecule has 0 spiro atoms. The Balaban J connectivity index is 1.76. The number of aliphatic hydroxyl groups is 1. The maximum Gasteiger partial charge on any atom is 0.229 e. The highest BCUT2D eigenvalue weighted by Gasteiger charge is 2.11. The van der Waals surface area contributed by atoms with Gasteiger partial charge in [-0.15, -0.1) is 0 Å². The van der Waals surface area contributed by atoms with Crippen LogP contribution in [0.1, 0.15) is 56.6 Å². The molecule has 0 aliphatic carbocycles. The van der Waals surface area contributed by atoms with Crippen molar-refractivity contribution in [3.63, 3.8) is 0 Å². The molecule has 6 heteroatoms. The van der Waals surface area contributed by atoms with Gasteiger partial charge in [-0.25, -0.2) is 8.42 Å². The SMILES string of the molecule is CS(=O)(=O)Nc1ccc(C(O)CCCN2CCCCCCC2)cc1. The summed E-state index contributed by atoms with van der Waals surface area (Å²) in [5, 5.41) is 10.3. The highest BCUT2D eigenvalue weighted by molar-refractivity contribution is 7.92. The van der Waals surface area contributed by atoms with E-state index in [0.717, 1.165) is 31.2 Å². The van der Waals surface area contributed by atoms with Crippen LogP contribution in [-0.4, -0.2) is 44.3 Å². The number of rotatable bonds is 7. The molecule has 1 unspecified atom stereocenters. The number of aliphatic hydroxyl groups excluding tert-OH is 1. The fourth-order valence-electron chi connectivity index (χ4n) is 3.20. The van der Waals surface area contributed by atoms with E-state index in [-0.39, 0.29) is 0 Å². The van der Waals surface area contributed by atoms with Crippen molar-refractivity contribution in [2.45, 2.75) is 51.0 Å². The van der Waals surface area contributed by atoms with Gasteiger partial charge >= 0.3 is 0 Å². The summed E-state index contributed by atoms with van der Waals surface area (Å²) in [6.45, 7) is 3.41. The summed E-state index contributed by atoms with van der Waals surface area (Å²) in [5.41, 5.74) is 1.36. The molecule has 1 heterocycles. The Labute approximate surface area is 146 Å². The fraction of sp³-hybridized carbons (Fsp3) is 0.667. The average molecular weight is 355 g/mol. The van der Waals surface area contributed by atoms with Crippen molar-refractivity contribution in [3.8, 4) is 0 Å². The average Bonchev–Trinajstić information content (AvgIpc) is 2.48. The van der Waals surface area contributed by atoms with Gasteiger partial charge in [0.05, 0.1) is 12.4 Å². The number of nitrogens with one attached hydrogen (secondary N) is 1. The zero-order valence-electron chi connectivity index (χ0n) is 14.6. The van der Waals surface area contributed by atoms with Crippen LogP contribution in [0.25, 0.3) is 0 Å². The predicted octanol–water partition coefficient (Wildman–Crippen LogP) is 3.14. The summed E-state index contributed by atoms with van der Waals surface area (Å²) in [7, 11) is -3.26. The van der Waals surface area contributed by atoms with Crippen molar-refractivity contribution in [2.24, 2.45) is 0 Å². The van der Waals surface area contributed by atoms with E-state index < -0.39 is 16.1 Å². The van der Waals surface area contributed by atoms with Crippen molar-refractivity contribution in [2.75, 3.05) is 30.6 Å². The predicted molar refractivity (Wildman–Crippen MR) is 98.6 cm³/mol. The van der Waals surface area contributed by atoms with Crippen LogP contribution in [0.5, 0.6) is 0 Å². The van der Waals surface area contributed by atoms with Gasteiger partial charge in [0, 0.05) is 5.69 Å². The molecule has 1 aromatic carbocycles. The maximum absolute atomic E-state index is 11.2. The van der Waals surface area contributed by atoms with Crippen molar-refractivity contribution in [1.82, 2.24) is 4.90 Å². The molecule has 1 aromatic rings. The first-order chi connectivity index (χ1) is 11.4. The Morgan fingerprint density at radius 1 is 1.08 bits per heavy atom. The zero-order chi connectivity index (χ0) is 17.4. The number of hydrogen-bond acceptors (Lipinski definition) is 4. The number of hydrogen-bond donors (Lipinski definition) is 2. The monoisotopic (exact) mass is 354 g/mol. The van der Waals surface area contributed by atoms with E-state index in [2.05, 4.69) is 9.62 Å². The third-order valence-electron chi connectivity index (χ3n) is 4.50. The molecule has 0 aromatic heterocycles. The van der Waals surface area contributed by atoms with E-state index in [9.17, 15) is 13.5 Å². The number of likely N-dealkylation sites (tertiary alicyclic amines) is 1. The standard InChI is InChI=1S/C18H30N2O3S/c1-24(22,23)19-17-11-9-16(10-12-17)18(21)8-7-15-20-13-5-3-2-4-6-14-20/h9-12,18-19,21H,2-8,13-15H2,1H3. The zero-order valence-corrected chi connectivity index (χ0v) is 15.4. The number of sulfonamides is 1. The summed E-state index contributed by atoms with van der Waals surface area (Å²) >= 11 is 0. The van der Waals surface area contributed by atoms with E-state index in [0.29, 0.717) is 5.69 Å². The van der Waals surface area contributed by atoms with Gasteiger partial charge in [-0.3, -0.25) is 4.72 Å². The molecule has 0 amide bonds. The first-order valence-corrected chi connectivity index (χ1v) is 10.8. The molecule has 1 atom stereocenters. The van der Waals surface area contributed by atoms with Crippen LogP contribution in [0.3, 0.4) is 0 Å². The summed E-state index contributed by atoms with van der Waals surface area (Å²) in [4.78, 5) is 2.52. The van der Waals surface area contributed by atoms with Gasteiger partial charge in [0.1, 0.15) is 0 Å². The Morgan fingerprint density at radius 2 is 1.67 bits per heavy atom. The minimum absolute atomic E-state index is 0.493. The first-order valence-electron chi connectivity index (χ1n) is 8.92. The largest absolute Gasteiger partial charge is 0.388 e. The minimum atomic E-state index is -3.26. The lowest BCUT2D eigenvalue weighted by atomic mass is 10.0. The van der Waals surface area contributed by atoms with Crippen LogP contribution in [0.4, 0.5) is 5.69 Å². The topological polar surface area (TPSA) is 69.6 Å². The normalized spacial score (nSPS) is 18.6. The van der Waals surface area contributed by atoms with E-state index in [1.807, 2.05) is 0 Å². The van der Waals surface area contributed by atoms with E-state index in [1.54, 1.807) is 24.3 Å². The molecule has 0 radical (unpaired) electrons. The molecule has 2 rings (SSSR count). The third-order valence-corrected chi connectivity index (χ3v) is 5.11. The van der Waals surface area contributed by atoms with Gasteiger partial charge < -0.3 is 10.0 Å². The molecule has 1 aliphatic heterocycles. The second-order valence-electron chi connectivity index (χ2n) is 6.76. The Kier molecular flexibility index (Phi) is 7.52. The van der Waals surface area contributed by atoms with Crippen LogP contribution in [0.2, 0.25) is 0 Å². The smallest absolute Gasteiger partial charge is 0.229 e. The molecular weight excluding hydrogens is 324 g/mol. The van der Waals surface area contributed by atoms with Gasteiger partial charge in [0.2, 0.25) is 10.0 Å². The van der Waals surface area contributed by atoms with Gasteiger partial charge in [-0.1, -0.05) is 31.4 Å². The van der Waals surface area contributed by atoms with E-state index in [4.69, 9.17) is 0 Å². The molecule has 0 bridgehead atoms. The highest BCUT2D eigenvalue weighted by atomic mass is 32.2. The molecule has 1 aliphatic rings.